The Kier molecular flexibility index (Phi) is 3.17. The predicted molar refractivity (Wildman–Crippen MR) is 60.7 cm³/mol. The van der Waals surface area contributed by atoms with E-state index in [1.54, 1.807) is 0 Å². The summed E-state index contributed by atoms with van der Waals surface area (Å²) < 4.78 is 5.69. The SMILES string of the molecule is C=C1CCCC[C@@]2(O)[C@H](OCC)CC[C@@H]12. The highest BCUT2D eigenvalue weighted by atomic mass is 16.5. The van der Waals surface area contributed by atoms with Gasteiger partial charge in [0.2, 0.25) is 0 Å². The first-order chi connectivity index (χ1) is 7.18. The van der Waals surface area contributed by atoms with E-state index in [9.17, 15) is 5.11 Å². The molecule has 2 heteroatoms. The van der Waals surface area contributed by atoms with Gasteiger partial charge in [0.1, 0.15) is 0 Å². The summed E-state index contributed by atoms with van der Waals surface area (Å²) >= 11 is 0. The van der Waals surface area contributed by atoms with Crippen LogP contribution in [0, 0.1) is 5.92 Å². The van der Waals surface area contributed by atoms with Gasteiger partial charge in [0.05, 0.1) is 11.7 Å². The molecular formula is C13H22O2. The molecule has 2 rings (SSSR count). The number of fused-ring (bicyclic) bond motifs is 1. The summed E-state index contributed by atoms with van der Waals surface area (Å²) in [4.78, 5) is 0. The van der Waals surface area contributed by atoms with E-state index in [0.717, 1.165) is 32.1 Å². The van der Waals surface area contributed by atoms with Crippen LogP contribution in [0.25, 0.3) is 0 Å². The molecule has 0 radical (unpaired) electrons. The van der Waals surface area contributed by atoms with E-state index >= 15 is 0 Å². The highest BCUT2D eigenvalue weighted by molar-refractivity contribution is 5.16. The number of ether oxygens (including phenoxy) is 1. The summed E-state index contributed by atoms with van der Waals surface area (Å²) in [5.41, 5.74) is 0.640. The van der Waals surface area contributed by atoms with Crippen LogP contribution in [0.15, 0.2) is 12.2 Å². The lowest BCUT2D eigenvalue weighted by atomic mass is 9.83. The molecule has 2 saturated carbocycles. The van der Waals surface area contributed by atoms with Crippen molar-refractivity contribution in [2.45, 2.75) is 57.2 Å². The topological polar surface area (TPSA) is 29.5 Å². The maximum Gasteiger partial charge on any atom is 0.0972 e. The van der Waals surface area contributed by atoms with Gasteiger partial charge in [-0.2, -0.15) is 0 Å². The summed E-state index contributed by atoms with van der Waals surface area (Å²) in [7, 11) is 0. The van der Waals surface area contributed by atoms with Gasteiger partial charge in [-0.05, 0) is 39.0 Å². The molecule has 0 saturated heterocycles. The molecule has 3 atom stereocenters. The average Bonchev–Trinajstić information content (AvgIpc) is 2.44. The van der Waals surface area contributed by atoms with E-state index in [0.29, 0.717) is 6.61 Å². The van der Waals surface area contributed by atoms with Crippen molar-refractivity contribution in [3.05, 3.63) is 12.2 Å². The summed E-state index contributed by atoms with van der Waals surface area (Å²) in [5.74, 6) is 0.288. The van der Waals surface area contributed by atoms with Gasteiger partial charge in [0.25, 0.3) is 0 Å². The van der Waals surface area contributed by atoms with Crippen molar-refractivity contribution in [1.82, 2.24) is 0 Å². The molecule has 0 unspecified atom stereocenters. The van der Waals surface area contributed by atoms with Crippen molar-refractivity contribution < 1.29 is 9.84 Å². The van der Waals surface area contributed by atoms with E-state index in [2.05, 4.69) is 6.58 Å². The Hall–Kier alpha value is -0.340. The summed E-state index contributed by atoms with van der Waals surface area (Å²) in [6.45, 7) is 6.84. The zero-order valence-electron chi connectivity index (χ0n) is 9.67. The molecule has 0 aromatic carbocycles. The maximum atomic E-state index is 10.8. The second-order valence-corrected chi connectivity index (χ2v) is 4.93. The van der Waals surface area contributed by atoms with E-state index in [1.807, 2.05) is 6.92 Å². The van der Waals surface area contributed by atoms with Crippen molar-refractivity contribution in [3.8, 4) is 0 Å². The van der Waals surface area contributed by atoms with Crippen molar-refractivity contribution in [3.63, 3.8) is 0 Å². The van der Waals surface area contributed by atoms with Crippen LogP contribution in [-0.2, 0) is 4.74 Å². The van der Waals surface area contributed by atoms with Gasteiger partial charge in [-0.1, -0.05) is 18.6 Å². The zero-order valence-corrected chi connectivity index (χ0v) is 9.67. The first kappa shape index (κ1) is 11.2. The summed E-state index contributed by atoms with van der Waals surface area (Å²) in [5, 5.41) is 10.8. The third-order valence-electron chi connectivity index (χ3n) is 4.06. The smallest absolute Gasteiger partial charge is 0.0972 e. The minimum Gasteiger partial charge on any atom is -0.387 e. The van der Waals surface area contributed by atoms with Crippen molar-refractivity contribution in [2.75, 3.05) is 6.61 Å². The first-order valence-electron chi connectivity index (χ1n) is 6.20. The minimum absolute atomic E-state index is 0.0438. The lowest BCUT2D eigenvalue weighted by Gasteiger charge is -2.34. The van der Waals surface area contributed by atoms with Gasteiger partial charge in [-0.15, -0.1) is 0 Å². The van der Waals surface area contributed by atoms with E-state index < -0.39 is 5.60 Å². The van der Waals surface area contributed by atoms with Crippen LogP contribution >= 0.6 is 0 Å². The van der Waals surface area contributed by atoms with Crippen molar-refractivity contribution >= 4 is 0 Å². The standard InChI is InChI=1S/C13H22O2/c1-3-15-12-8-7-11-10(2)6-4-5-9-13(11,12)14/h11-12,14H,2-9H2,1H3/t11-,12+,13-/m0/s1. The Morgan fingerprint density at radius 3 is 3.00 bits per heavy atom. The van der Waals surface area contributed by atoms with Crippen LogP contribution in [-0.4, -0.2) is 23.4 Å². The predicted octanol–water partition coefficient (Wildman–Crippen LogP) is 2.66. The fraction of sp³-hybridized carbons (Fsp3) is 0.846. The Balaban J connectivity index is 2.18. The Labute approximate surface area is 92.3 Å². The van der Waals surface area contributed by atoms with Gasteiger partial charge in [0, 0.05) is 12.5 Å². The van der Waals surface area contributed by atoms with E-state index in [-0.39, 0.29) is 12.0 Å². The van der Waals surface area contributed by atoms with Gasteiger partial charge >= 0.3 is 0 Å². The molecule has 2 aliphatic carbocycles. The molecule has 0 aromatic rings. The lowest BCUT2D eigenvalue weighted by Crippen LogP contribution is -2.44. The average molecular weight is 210 g/mol. The molecule has 1 N–H and O–H groups in total. The Morgan fingerprint density at radius 2 is 2.27 bits per heavy atom. The normalized spacial score (nSPS) is 41.3. The van der Waals surface area contributed by atoms with Gasteiger partial charge in [-0.3, -0.25) is 0 Å². The van der Waals surface area contributed by atoms with E-state index in [4.69, 9.17) is 4.74 Å². The molecule has 0 aromatic heterocycles. The van der Waals surface area contributed by atoms with Crippen LogP contribution in [0.1, 0.15) is 45.4 Å². The molecule has 0 aliphatic heterocycles. The largest absolute Gasteiger partial charge is 0.387 e. The zero-order chi connectivity index (χ0) is 10.9. The van der Waals surface area contributed by atoms with Crippen LogP contribution in [0.3, 0.4) is 0 Å². The monoisotopic (exact) mass is 210 g/mol. The Bertz CT molecular complexity index is 249. The number of rotatable bonds is 2. The highest BCUT2D eigenvalue weighted by Crippen LogP contribution is 2.47. The molecule has 2 aliphatic rings. The van der Waals surface area contributed by atoms with Gasteiger partial charge in [0.15, 0.2) is 0 Å². The Morgan fingerprint density at radius 1 is 1.47 bits per heavy atom. The van der Waals surface area contributed by atoms with Crippen molar-refractivity contribution in [2.24, 2.45) is 5.92 Å². The maximum absolute atomic E-state index is 10.8. The fourth-order valence-corrected chi connectivity index (χ4v) is 3.30. The molecule has 86 valence electrons. The minimum atomic E-state index is -0.608. The molecule has 2 nitrogen and oxygen atoms in total. The van der Waals surface area contributed by atoms with Crippen LogP contribution < -0.4 is 0 Å². The number of hydrogen-bond acceptors (Lipinski definition) is 2. The first-order valence-corrected chi connectivity index (χ1v) is 6.20. The highest BCUT2D eigenvalue weighted by Gasteiger charge is 2.50. The van der Waals surface area contributed by atoms with Crippen LogP contribution in [0.5, 0.6) is 0 Å². The third-order valence-corrected chi connectivity index (χ3v) is 4.06. The van der Waals surface area contributed by atoms with Crippen molar-refractivity contribution in [1.29, 1.82) is 0 Å². The number of aliphatic hydroxyl groups is 1. The van der Waals surface area contributed by atoms with E-state index in [1.165, 1.54) is 12.0 Å². The number of hydrogen-bond donors (Lipinski definition) is 1. The van der Waals surface area contributed by atoms with Gasteiger partial charge < -0.3 is 9.84 Å². The lowest BCUT2D eigenvalue weighted by molar-refractivity contribution is -0.105. The second-order valence-electron chi connectivity index (χ2n) is 4.93. The molecule has 15 heavy (non-hydrogen) atoms. The second kappa shape index (κ2) is 4.26. The van der Waals surface area contributed by atoms with Crippen LogP contribution in [0.2, 0.25) is 0 Å². The third kappa shape index (κ3) is 1.85. The molecule has 2 fully saturated rings. The molecule has 0 amide bonds. The molecular weight excluding hydrogens is 188 g/mol. The molecule has 0 heterocycles. The van der Waals surface area contributed by atoms with Crippen LogP contribution in [0.4, 0.5) is 0 Å². The fourth-order valence-electron chi connectivity index (χ4n) is 3.30. The molecule has 0 bridgehead atoms. The quantitative estimate of drug-likeness (QED) is 0.710. The summed E-state index contributed by atoms with van der Waals surface area (Å²) in [6.07, 6.45) is 6.36. The molecule has 0 spiro atoms. The van der Waals surface area contributed by atoms with Gasteiger partial charge in [-0.25, -0.2) is 0 Å². The summed E-state index contributed by atoms with van der Waals surface area (Å²) in [6, 6.07) is 0.